The average Bonchev–Trinajstić information content (AvgIpc) is 2.92. The Labute approximate surface area is 113 Å². The number of hydrogen-bond acceptors (Lipinski definition) is 4. The highest BCUT2D eigenvalue weighted by Gasteiger charge is 2.07. The van der Waals surface area contributed by atoms with Crippen LogP contribution in [0.3, 0.4) is 0 Å². The van der Waals surface area contributed by atoms with Gasteiger partial charge in [-0.1, -0.05) is 12.1 Å². The number of amides is 1. The molecular weight excluding hydrogens is 261 g/mol. The summed E-state index contributed by atoms with van der Waals surface area (Å²) < 4.78 is 14.4. The summed E-state index contributed by atoms with van der Waals surface area (Å²) in [6, 6.07) is 9.36. The Kier molecular flexibility index (Phi) is 3.08. The summed E-state index contributed by atoms with van der Waals surface area (Å²) in [7, 11) is 0. The van der Waals surface area contributed by atoms with Gasteiger partial charge >= 0.3 is 0 Å². The number of tetrazole rings is 1. The predicted octanol–water partition coefficient (Wildman–Crippen LogP) is 1.19. The molecule has 1 aromatic carbocycles. The Morgan fingerprint density at radius 1 is 1.30 bits per heavy atom. The minimum atomic E-state index is -0.327. The number of halogens is 1. The van der Waals surface area contributed by atoms with E-state index in [1.54, 1.807) is 24.3 Å². The van der Waals surface area contributed by atoms with E-state index in [9.17, 15) is 9.18 Å². The molecule has 0 unspecified atom stereocenters. The number of hydrogen-bond donors (Lipinski definition) is 1. The van der Waals surface area contributed by atoms with Gasteiger partial charge in [-0.2, -0.15) is 4.52 Å². The molecule has 0 saturated heterocycles. The zero-order chi connectivity index (χ0) is 13.9. The molecule has 0 radical (unpaired) electrons. The van der Waals surface area contributed by atoms with Gasteiger partial charge in [0.25, 0.3) is 5.91 Å². The van der Waals surface area contributed by atoms with Crippen molar-refractivity contribution < 1.29 is 9.18 Å². The minimum absolute atomic E-state index is 0.254. The van der Waals surface area contributed by atoms with Crippen LogP contribution in [-0.4, -0.2) is 25.9 Å². The summed E-state index contributed by atoms with van der Waals surface area (Å²) in [4.78, 5) is 12.0. The van der Waals surface area contributed by atoms with Crippen molar-refractivity contribution in [1.82, 2.24) is 25.4 Å². The maximum atomic E-state index is 13.0. The van der Waals surface area contributed by atoms with Crippen LogP contribution >= 0.6 is 0 Å². The van der Waals surface area contributed by atoms with Crippen molar-refractivity contribution in [3.8, 4) is 0 Å². The number of aromatic nitrogens is 4. The molecule has 0 aliphatic heterocycles. The zero-order valence-electron chi connectivity index (χ0n) is 10.3. The maximum Gasteiger partial charge on any atom is 0.253 e. The lowest BCUT2D eigenvalue weighted by Crippen LogP contribution is -2.23. The monoisotopic (exact) mass is 271 g/mol. The molecule has 20 heavy (non-hydrogen) atoms. The highest BCUT2D eigenvalue weighted by Crippen LogP contribution is 2.05. The fourth-order valence-electron chi connectivity index (χ4n) is 1.81. The molecule has 1 amide bonds. The van der Waals surface area contributed by atoms with Crippen molar-refractivity contribution in [3.63, 3.8) is 0 Å². The number of rotatable bonds is 3. The van der Waals surface area contributed by atoms with Gasteiger partial charge in [0, 0.05) is 12.7 Å². The first kappa shape index (κ1) is 12.2. The highest BCUT2D eigenvalue weighted by atomic mass is 19.1. The Hall–Kier alpha value is -2.83. The van der Waals surface area contributed by atoms with E-state index in [2.05, 4.69) is 20.8 Å². The van der Waals surface area contributed by atoms with Gasteiger partial charge in [0.1, 0.15) is 5.82 Å². The Morgan fingerprint density at radius 3 is 3.05 bits per heavy atom. The fraction of sp³-hybridized carbons (Fsp3) is 0.0769. The summed E-state index contributed by atoms with van der Waals surface area (Å²) in [6.45, 7) is 0.254. The van der Waals surface area contributed by atoms with Crippen molar-refractivity contribution in [2.45, 2.75) is 6.54 Å². The summed E-state index contributed by atoms with van der Waals surface area (Å²) >= 11 is 0. The normalized spacial score (nSPS) is 10.7. The van der Waals surface area contributed by atoms with E-state index in [1.807, 2.05) is 0 Å². The topological polar surface area (TPSA) is 72.2 Å². The lowest BCUT2D eigenvalue weighted by molar-refractivity contribution is 0.0950. The molecule has 0 aliphatic carbocycles. The molecule has 0 atom stereocenters. The van der Waals surface area contributed by atoms with Gasteiger partial charge in [0.15, 0.2) is 5.65 Å². The van der Waals surface area contributed by atoms with Crippen LogP contribution in [-0.2, 0) is 6.54 Å². The van der Waals surface area contributed by atoms with Gasteiger partial charge in [-0.15, -0.1) is 5.10 Å². The van der Waals surface area contributed by atoms with Crippen LogP contribution in [0, 0.1) is 5.82 Å². The van der Waals surface area contributed by atoms with Gasteiger partial charge in [0.05, 0.1) is 5.56 Å². The molecule has 100 valence electrons. The third-order valence-electron chi connectivity index (χ3n) is 2.80. The van der Waals surface area contributed by atoms with Crippen molar-refractivity contribution in [3.05, 3.63) is 59.5 Å². The third-order valence-corrected chi connectivity index (χ3v) is 2.80. The number of nitrogens with one attached hydrogen (secondary N) is 1. The minimum Gasteiger partial charge on any atom is -0.348 e. The second-order valence-corrected chi connectivity index (χ2v) is 4.21. The highest BCUT2D eigenvalue weighted by molar-refractivity contribution is 5.94. The van der Waals surface area contributed by atoms with Crippen LogP contribution in [0.15, 0.2) is 42.6 Å². The Bertz CT molecular complexity index is 770. The molecule has 0 saturated carbocycles. The molecule has 6 nitrogen and oxygen atoms in total. The van der Waals surface area contributed by atoms with Crippen molar-refractivity contribution >= 4 is 11.6 Å². The van der Waals surface area contributed by atoms with E-state index >= 15 is 0 Å². The predicted molar refractivity (Wildman–Crippen MR) is 68.4 cm³/mol. The molecule has 0 aliphatic rings. The van der Waals surface area contributed by atoms with Gasteiger partial charge in [-0.05, 0) is 40.3 Å². The molecule has 2 heterocycles. The largest absolute Gasteiger partial charge is 0.348 e. The third kappa shape index (κ3) is 2.46. The maximum absolute atomic E-state index is 13.0. The van der Waals surface area contributed by atoms with Gasteiger partial charge in [-0.25, -0.2) is 4.39 Å². The SMILES string of the molecule is O=C(NCc1cccc(F)c1)c1ccc2nnnn2c1. The van der Waals surface area contributed by atoms with Crippen molar-refractivity contribution in [2.24, 2.45) is 0 Å². The van der Waals surface area contributed by atoms with Gasteiger partial charge < -0.3 is 5.32 Å². The Morgan fingerprint density at radius 2 is 2.20 bits per heavy atom. The smallest absolute Gasteiger partial charge is 0.253 e. The summed E-state index contributed by atoms with van der Waals surface area (Å²) in [6.07, 6.45) is 1.54. The average molecular weight is 271 g/mol. The van der Waals surface area contributed by atoms with Gasteiger partial charge in [0.2, 0.25) is 0 Å². The number of carbonyl (C=O) groups is 1. The molecule has 0 fully saturated rings. The fourth-order valence-corrected chi connectivity index (χ4v) is 1.81. The van der Waals surface area contributed by atoms with Crippen LogP contribution in [0.2, 0.25) is 0 Å². The molecule has 2 aromatic heterocycles. The molecule has 0 spiro atoms. The zero-order valence-corrected chi connectivity index (χ0v) is 10.3. The first-order valence-electron chi connectivity index (χ1n) is 5.93. The van der Waals surface area contributed by atoms with E-state index in [-0.39, 0.29) is 18.3 Å². The van der Waals surface area contributed by atoms with Crippen molar-refractivity contribution in [2.75, 3.05) is 0 Å². The molecule has 1 N–H and O–H groups in total. The summed E-state index contributed by atoms with van der Waals surface area (Å²) in [5, 5.41) is 13.7. The second kappa shape index (κ2) is 5.04. The molecule has 7 heteroatoms. The number of benzene rings is 1. The Balaban J connectivity index is 1.72. The molecular formula is C13H10FN5O. The van der Waals surface area contributed by atoms with Crippen LogP contribution in [0.5, 0.6) is 0 Å². The van der Waals surface area contributed by atoms with Crippen LogP contribution < -0.4 is 5.32 Å². The quantitative estimate of drug-likeness (QED) is 0.776. The second-order valence-electron chi connectivity index (χ2n) is 4.21. The lowest BCUT2D eigenvalue weighted by atomic mass is 10.2. The van der Waals surface area contributed by atoms with Crippen LogP contribution in [0.4, 0.5) is 4.39 Å². The number of carbonyl (C=O) groups excluding carboxylic acids is 1. The van der Waals surface area contributed by atoms with E-state index < -0.39 is 0 Å². The summed E-state index contributed by atoms with van der Waals surface area (Å²) in [5.74, 6) is -0.599. The van der Waals surface area contributed by atoms with Crippen LogP contribution in [0.25, 0.3) is 5.65 Å². The molecule has 0 bridgehead atoms. The number of nitrogens with zero attached hydrogens (tertiary/aromatic N) is 4. The lowest BCUT2D eigenvalue weighted by Gasteiger charge is -2.05. The first-order valence-corrected chi connectivity index (χ1v) is 5.93. The van der Waals surface area contributed by atoms with Crippen LogP contribution in [0.1, 0.15) is 15.9 Å². The van der Waals surface area contributed by atoms with E-state index in [0.29, 0.717) is 16.8 Å². The van der Waals surface area contributed by atoms with Gasteiger partial charge in [-0.3, -0.25) is 4.79 Å². The summed E-state index contributed by atoms with van der Waals surface area (Å²) in [5.41, 5.74) is 1.69. The van der Waals surface area contributed by atoms with Crippen molar-refractivity contribution in [1.29, 1.82) is 0 Å². The number of fused-ring (bicyclic) bond motifs is 1. The molecule has 3 aromatic rings. The number of pyridine rings is 1. The van der Waals surface area contributed by atoms with E-state index in [4.69, 9.17) is 0 Å². The first-order chi connectivity index (χ1) is 9.72. The van der Waals surface area contributed by atoms with E-state index in [0.717, 1.165) is 0 Å². The van der Waals surface area contributed by atoms with E-state index in [1.165, 1.54) is 22.8 Å². The molecule has 3 rings (SSSR count). The standard InChI is InChI=1S/C13H10FN5O/c14-11-3-1-2-9(6-11)7-15-13(20)10-4-5-12-16-17-18-19(12)8-10/h1-6,8H,7H2,(H,15,20).